The third-order valence-corrected chi connectivity index (χ3v) is 2.77. The van der Waals surface area contributed by atoms with Gasteiger partial charge in [0.05, 0.1) is 13.0 Å². The molecule has 5 heteroatoms. The number of benzene rings is 1. The Hall–Kier alpha value is -1.10. The van der Waals surface area contributed by atoms with E-state index in [4.69, 9.17) is 4.74 Å². The van der Waals surface area contributed by atoms with E-state index in [-0.39, 0.29) is 24.2 Å². The van der Waals surface area contributed by atoms with E-state index in [0.29, 0.717) is 11.1 Å². The fraction of sp³-hybridized carbons (Fsp3) is 0.417. The number of nitrogens with one attached hydrogen (secondary N) is 1. The van der Waals surface area contributed by atoms with Crippen LogP contribution in [-0.2, 0) is 9.53 Å². The van der Waals surface area contributed by atoms with Crippen LogP contribution in [0.4, 0.5) is 10.1 Å². The van der Waals surface area contributed by atoms with Gasteiger partial charge in [-0.15, -0.1) is 0 Å². The van der Waals surface area contributed by atoms with E-state index >= 15 is 0 Å². The quantitative estimate of drug-likeness (QED) is 0.848. The van der Waals surface area contributed by atoms with Crippen LogP contribution in [0.5, 0.6) is 0 Å². The maximum Gasteiger partial charge on any atom is 0.307 e. The number of carbonyl (C=O) groups excluding carboxylic acids is 1. The molecule has 1 unspecified atom stereocenters. The zero-order valence-electron chi connectivity index (χ0n) is 9.80. The van der Waals surface area contributed by atoms with Crippen LogP contribution in [-0.4, -0.2) is 18.6 Å². The summed E-state index contributed by atoms with van der Waals surface area (Å²) in [6.45, 7) is 4.02. The predicted molar refractivity (Wildman–Crippen MR) is 68.4 cm³/mol. The van der Waals surface area contributed by atoms with Crippen LogP contribution in [0.25, 0.3) is 0 Å². The van der Waals surface area contributed by atoms with Crippen LogP contribution in [0.2, 0.25) is 0 Å². The highest BCUT2D eigenvalue weighted by atomic mass is 79.9. The number of hydrogen-bond acceptors (Lipinski definition) is 3. The van der Waals surface area contributed by atoms with Crippen molar-refractivity contribution in [3.8, 4) is 0 Å². The van der Waals surface area contributed by atoms with Gasteiger partial charge in [-0.05, 0) is 48.0 Å². The molecule has 3 nitrogen and oxygen atoms in total. The fourth-order valence-electron chi connectivity index (χ4n) is 1.39. The third-order valence-electron chi connectivity index (χ3n) is 2.11. The summed E-state index contributed by atoms with van der Waals surface area (Å²) in [5, 5.41) is 3.11. The molecular formula is C12H15BrFNO2. The first-order valence-electron chi connectivity index (χ1n) is 5.40. The second-order valence-electron chi connectivity index (χ2n) is 3.68. The summed E-state index contributed by atoms with van der Waals surface area (Å²) in [4.78, 5) is 11.2. The zero-order chi connectivity index (χ0) is 12.8. The molecule has 1 rings (SSSR count). The summed E-state index contributed by atoms with van der Waals surface area (Å²) in [6, 6.07) is 4.29. The molecule has 0 saturated heterocycles. The largest absolute Gasteiger partial charge is 0.466 e. The third kappa shape index (κ3) is 4.73. The minimum atomic E-state index is -0.305. The average molecular weight is 304 g/mol. The predicted octanol–water partition coefficient (Wildman–Crippen LogP) is 3.34. The highest BCUT2D eigenvalue weighted by Gasteiger charge is 2.11. The molecule has 0 aliphatic rings. The number of hydrogen-bond donors (Lipinski definition) is 1. The summed E-state index contributed by atoms with van der Waals surface area (Å²) in [5.74, 6) is -0.550. The van der Waals surface area contributed by atoms with Gasteiger partial charge in [0.15, 0.2) is 0 Å². The van der Waals surface area contributed by atoms with E-state index in [1.54, 1.807) is 13.0 Å². The summed E-state index contributed by atoms with van der Waals surface area (Å²) < 4.78 is 18.3. The molecule has 0 radical (unpaired) electrons. The normalized spacial score (nSPS) is 12.0. The first-order valence-corrected chi connectivity index (χ1v) is 6.19. The van der Waals surface area contributed by atoms with Crippen molar-refractivity contribution in [2.45, 2.75) is 26.3 Å². The first-order chi connectivity index (χ1) is 8.02. The Morgan fingerprint density at radius 3 is 2.88 bits per heavy atom. The van der Waals surface area contributed by atoms with Gasteiger partial charge in [0.1, 0.15) is 5.82 Å². The molecule has 0 aromatic heterocycles. The molecule has 0 aliphatic carbocycles. The van der Waals surface area contributed by atoms with Crippen molar-refractivity contribution in [2.24, 2.45) is 0 Å². The van der Waals surface area contributed by atoms with Crippen molar-refractivity contribution >= 4 is 27.6 Å². The van der Waals surface area contributed by atoms with Gasteiger partial charge in [-0.25, -0.2) is 4.39 Å². The van der Waals surface area contributed by atoms with Gasteiger partial charge in [0.2, 0.25) is 0 Å². The van der Waals surface area contributed by atoms with Crippen molar-refractivity contribution < 1.29 is 13.9 Å². The number of esters is 1. The first kappa shape index (κ1) is 14.0. The molecule has 0 amide bonds. The van der Waals surface area contributed by atoms with Gasteiger partial charge in [0.25, 0.3) is 0 Å². The Morgan fingerprint density at radius 2 is 2.29 bits per heavy atom. The molecule has 1 N–H and O–H groups in total. The number of carbonyl (C=O) groups is 1. The Labute approximate surface area is 108 Å². The molecule has 0 aliphatic heterocycles. The molecule has 0 spiro atoms. The van der Waals surface area contributed by atoms with Crippen LogP contribution in [0, 0.1) is 5.82 Å². The molecule has 0 bridgehead atoms. The topological polar surface area (TPSA) is 38.3 Å². The Morgan fingerprint density at radius 1 is 1.59 bits per heavy atom. The summed E-state index contributed by atoms with van der Waals surface area (Å²) in [6.07, 6.45) is 0.275. The molecule has 1 aromatic rings. The van der Waals surface area contributed by atoms with E-state index in [1.165, 1.54) is 12.1 Å². The Bertz CT molecular complexity index is 398. The molecule has 17 heavy (non-hydrogen) atoms. The van der Waals surface area contributed by atoms with Crippen molar-refractivity contribution in [1.29, 1.82) is 0 Å². The highest BCUT2D eigenvalue weighted by molar-refractivity contribution is 9.10. The fourth-order valence-corrected chi connectivity index (χ4v) is 1.86. The number of anilines is 1. The monoisotopic (exact) mass is 303 g/mol. The maximum atomic E-state index is 12.9. The minimum Gasteiger partial charge on any atom is -0.466 e. The van der Waals surface area contributed by atoms with E-state index < -0.39 is 0 Å². The minimum absolute atomic E-state index is 0.0733. The Balaban J connectivity index is 2.55. The molecule has 0 heterocycles. The molecule has 1 atom stereocenters. The van der Waals surface area contributed by atoms with Crippen molar-refractivity contribution in [3.63, 3.8) is 0 Å². The van der Waals surface area contributed by atoms with Crippen LogP contribution < -0.4 is 5.32 Å². The van der Waals surface area contributed by atoms with Crippen molar-refractivity contribution in [1.82, 2.24) is 0 Å². The standard InChI is InChI=1S/C12H15BrFNO2/c1-3-17-12(16)6-8(2)15-11-5-4-9(14)7-10(11)13/h4-5,7-8,15H,3,6H2,1-2H3. The summed E-state index contributed by atoms with van der Waals surface area (Å²) in [7, 11) is 0. The lowest BCUT2D eigenvalue weighted by molar-refractivity contribution is -0.143. The lowest BCUT2D eigenvalue weighted by atomic mass is 10.2. The van der Waals surface area contributed by atoms with E-state index in [9.17, 15) is 9.18 Å². The van der Waals surface area contributed by atoms with Crippen LogP contribution in [0.1, 0.15) is 20.3 Å². The molecule has 1 aromatic carbocycles. The molecule has 0 saturated carbocycles. The maximum absolute atomic E-state index is 12.9. The SMILES string of the molecule is CCOC(=O)CC(C)Nc1ccc(F)cc1Br. The van der Waals surface area contributed by atoms with Crippen molar-refractivity contribution in [3.05, 3.63) is 28.5 Å². The smallest absolute Gasteiger partial charge is 0.307 e. The van der Waals surface area contributed by atoms with Gasteiger partial charge in [-0.1, -0.05) is 0 Å². The summed E-state index contributed by atoms with van der Waals surface area (Å²) in [5.41, 5.74) is 0.753. The number of rotatable bonds is 5. The lowest BCUT2D eigenvalue weighted by Gasteiger charge is -2.15. The second kappa shape index (κ2) is 6.59. The Kier molecular flexibility index (Phi) is 5.41. The van der Waals surface area contributed by atoms with Crippen LogP contribution in [0.15, 0.2) is 22.7 Å². The molecular weight excluding hydrogens is 289 g/mol. The van der Waals surface area contributed by atoms with Crippen LogP contribution >= 0.6 is 15.9 Å². The van der Waals surface area contributed by atoms with Gasteiger partial charge < -0.3 is 10.1 Å². The number of ether oxygens (including phenoxy) is 1. The molecule has 0 fully saturated rings. The van der Waals surface area contributed by atoms with Gasteiger partial charge in [-0.2, -0.15) is 0 Å². The van der Waals surface area contributed by atoms with Crippen LogP contribution in [0.3, 0.4) is 0 Å². The zero-order valence-corrected chi connectivity index (χ0v) is 11.4. The lowest BCUT2D eigenvalue weighted by Crippen LogP contribution is -2.21. The second-order valence-corrected chi connectivity index (χ2v) is 4.53. The molecule has 94 valence electrons. The number of halogens is 2. The van der Waals surface area contributed by atoms with E-state index in [0.717, 1.165) is 5.69 Å². The average Bonchev–Trinajstić information content (AvgIpc) is 2.22. The van der Waals surface area contributed by atoms with Gasteiger partial charge >= 0.3 is 5.97 Å². The highest BCUT2D eigenvalue weighted by Crippen LogP contribution is 2.24. The van der Waals surface area contributed by atoms with Gasteiger partial charge in [-0.3, -0.25) is 4.79 Å². The van der Waals surface area contributed by atoms with E-state index in [1.807, 2.05) is 6.92 Å². The van der Waals surface area contributed by atoms with E-state index in [2.05, 4.69) is 21.2 Å². The summed E-state index contributed by atoms with van der Waals surface area (Å²) >= 11 is 3.25. The van der Waals surface area contributed by atoms with Gasteiger partial charge in [0, 0.05) is 16.2 Å². The van der Waals surface area contributed by atoms with Crippen molar-refractivity contribution in [2.75, 3.05) is 11.9 Å².